The van der Waals surface area contributed by atoms with Crippen LogP contribution in [-0.2, 0) is 4.79 Å². The quantitative estimate of drug-likeness (QED) is 0.595. The summed E-state index contributed by atoms with van der Waals surface area (Å²) in [5.41, 5.74) is 0. The van der Waals surface area contributed by atoms with E-state index in [1.165, 1.54) is 0 Å². The van der Waals surface area contributed by atoms with Gasteiger partial charge in [0.05, 0.1) is 6.54 Å². The van der Waals surface area contributed by atoms with Crippen molar-refractivity contribution in [3.8, 4) is 0 Å². The molecule has 0 bridgehead atoms. The lowest BCUT2D eigenvalue weighted by molar-refractivity contribution is -0.122. The molecule has 18 heavy (non-hydrogen) atoms. The third kappa shape index (κ3) is 5.01. The Morgan fingerprint density at radius 1 is 1.28 bits per heavy atom. The van der Waals surface area contributed by atoms with Gasteiger partial charge in [0.25, 0.3) is 0 Å². The van der Waals surface area contributed by atoms with Crippen LogP contribution in [-0.4, -0.2) is 55.6 Å². The minimum atomic E-state index is -0.398. The fourth-order valence-corrected chi connectivity index (χ4v) is 1.84. The second-order valence-electron chi connectivity index (χ2n) is 4.59. The van der Waals surface area contributed by atoms with E-state index >= 15 is 0 Å². The van der Waals surface area contributed by atoms with Crippen LogP contribution in [0.15, 0.2) is 0 Å². The van der Waals surface area contributed by atoms with Crippen molar-refractivity contribution in [2.45, 2.75) is 32.7 Å². The number of nitrogens with zero attached hydrogens (tertiary/aromatic N) is 1. The maximum atomic E-state index is 11.7. The van der Waals surface area contributed by atoms with Gasteiger partial charge in [-0.3, -0.25) is 15.0 Å². The summed E-state index contributed by atoms with van der Waals surface area (Å²) in [5.74, 6) is -0.232. The van der Waals surface area contributed by atoms with Crippen molar-refractivity contribution in [3.05, 3.63) is 0 Å². The third-order valence-corrected chi connectivity index (χ3v) is 2.92. The predicted octanol–water partition coefficient (Wildman–Crippen LogP) is -0.0940. The smallest absolute Gasteiger partial charge is 0.321 e. The molecule has 6 heteroatoms. The molecule has 1 heterocycles. The molecule has 104 valence electrons. The highest BCUT2D eigenvalue weighted by Crippen LogP contribution is 2.05. The van der Waals surface area contributed by atoms with Crippen LogP contribution >= 0.6 is 0 Å². The van der Waals surface area contributed by atoms with E-state index < -0.39 is 6.03 Å². The molecule has 0 aromatic carbocycles. The molecular formula is C12H24N4O2. The van der Waals surface area contributed by atoms with Gasteiger partial charge in [-0.25, -0.2) is 4.79 Å². The molecule has 0 aromatic rings. The summed E-state index contributed by atoms with van der Waals surface area (Å²) in [4.78, 5) is 25.2. The molecule has 1 aliphatic rings. The maximum absolute atomic E-state index is 11.7. The van der Waals surface area contributed by atoms with Crippen molar-refractivity contribution in [1.82, 2.24) is 20.9 Å². The normalized spacial score (nSPS) is 15.3. The monoisotopic (exact) mass is 256 g/mol. The number of imide groups is 1. The molecule has 1 aliphatic heterocycles. The van der Waals surface area contributed by atoms with Crippen LogP contribution < -0.4 is 16.0 Å². The van der Waals surface area contributed by atoms with E-state index in [4.69, 9.17) is 0 Å². The summed E-state index contributed by atoms with van der Waals surface area (Å²) in [6, 6.07) is 0.0273. The Hall–Kier alpha value is -1.14. The van der Waals surface area contributed by atoms with Gasteiger partial charge in [0.2, 0.25) is 5.91 Å². The van der Waals surface area contributed by atoms with Crippen molar-refractivity contribution >= 4 is 11.9 Å². The molecule has 3 amide bonds. The number of urea groups is 1. The number of nitrogens with one attached hydrogen (secondary N) is 3. The SMILES string of the molecule is CCCNC(=O)NC(=O)CN(CCC)C1CNC1. The van der Waals surface area contributed by atoms with Crippen molar-refractivity contribution < 1.29 is 9.59 Å². The van der Waals surface area contributed by atoms with Crippen LogP contribution in [0.5, 0.6) is 0 Å². The molecule has 0 radical (unpaired) electrons. The van der Waals surface area contributed by atoms with E-state index in [1.807, 2.05) is 6.92 Å². The van der Waals surface area contributed by atoms with Gasteiger partial charge in [-0.1, -0.05) is 13.8 Å². The molecule has 0 aliphatic carbocycles. The maximum Gasteiger partial charge on any atom is 0.321 e. The Morgan fingerprint density at radius 2 is 2.00 bits per heavy atom. The molecule has 0 aromatic heterocycles. The molecule has 6 nitrogen and oxygen atoms in total. The van der Waals surface area contributed by atoms with E-state index in [2.05, 4.69) is 27.8 Å². The number of carbonyl (C=O) groups is 2. The number of hydrogen-bond donors (Lipinski definition) is 3. The molecule has 0 unspecified atom stereocenters. The summed E-state index contributed by atoms with van der Waals surface area (Å²) in [6.07, 6.45) is 1.86. The largest absolute Gasteiger partial charge is 0.338 e. The van der Waals surface area contributed by atoms with E-state index in [-0.39, 0.29) is 5.91 Å². The minimum Gasteiger partial charge on any atom is -0.338 e. The van der Waals surface area contributed by atoms with Gasteiger partial charge in [0.1, 0.15) is 0 Å². The van der Waals surface area contributed by atoms with Gasteiger partial charge < -0.3 is 10.6 Å². The zero-order chi connectivity index (χ0) is 13.4. The van der Waals surface area contributed by atoms with Crippen LogP contribution in [0.2, 0.25) is 0 Å². The molecule has 0 atom stereocenters. The van der Waals surface area contributed by atoms with Gasteiger partial charge in [0, 0.05) is 25.7 Å². The van der Waals surface area contributed by atoms with Crippen molar-refractivity contribution in [2.24, 2.45) is 0 Å². The number of hydrogen-bond acceptors (Lipinski definition) is 4. The Morgan fingerprint density at radius 3 is 2.50 bits per heavy atom. The van der Waals surface area contributed by atoms with Crippen molar-refractivity contribution in [1.29, 1.82) is 0 Å². The summed E-state index contributed by atoms with van der Waals surface area (Å²) in [6.45, 7) is 7.67. The predicted molar refractivity (Wildman–Crippen MR) is 70.4 cm³/mol. The molecular weight excluding hydrogens is 232 g/mol. The Bertz CT molecular complexity index is 279. The van der Waals surface area contributed by atoms with Crippen LogP contribution in [0.1, 0.15) is 26.7 Å². The first-order chi connectivity index (χ1) is 8.67. The van der Waals surface area contributed by atoms with Crippen LogP contribution in [0.25, 0.3) is 0 Å². The first-order valence-electron chi connectivity index (χ1n) is 6.69. The fraction of sp³-hybridized carbons (Fsp3) is 0.833. The Labute approximate surface area is 108 Å². The summed E-state index contributed by atoms with van der Waals surface area (Å²) in [5, 5.41) is 8.17. The minimum absolute atomic E-state index is 0.232. The van der Waals surface area contributed by atoms with Crippen LogP contribution in [0, 0.1) is 0 Å². The molecule has 3 N–H and O–H groups in total. The number of amides is 3. The third-order valence-electron chi connectivity index (χ3n) is 2.92. The Balaban J connectivity index is 2.29. The van der Waals surface area contributed by atoms with E-state index in [0.29, 0.717) is 19.1 Å². The molecule has 1 fully saturated rings. The van der Waals surface area contributed by atoms with E-state index in [1.54, 1.807) is 0 Å². The summed E-state index contributed by atoms with van der Waals surface area (Å²) in [7, 11) is 0. The lowest BCUT2D eigenvalue weighted by atomic mass is 10.1. The van der Waals surface area contributed by atoms with Crippen LogP contribution in [0.3, 0.4) is 0 Å². The zero-order valence-electron chi connectivity index (χ0n) is 11.3. The Kier molecular flexibility index (Phi) is 6.67. The van der Waals surface area contributed by atoms with Gasteiger partial charge in [-0.15, -0.1) is 0 Å². The summed E-state index contributed by atoms with van der Waals surface area (Å²) < 4.78 is 0. The lowest BCUT2D eigenvalue weighted by Gasteiger charge is -2.37. The molecule has 1 rings (SSSR count). The van der Waals surface area contributed by atoms with Crippen molar-refractivity contribution in [2.75, 3.05) is 32.7 Å². The van der Waals surface area contributed by atoms with Crippen LogP contribution in [0.4, 0.5) is 4.79 Å². The molecule has 0 saturated carbocycles. The average Bonchev–Trinajstić information content (AvgIpc) is 2.24. The van der Waals surface area contributed by atoms with Gasteiger partial charge in [0.15, 0.2) is 0 Å². The first-order valence-corrected chi connectivity index (χ1v) is 6.69. The highest BCUT2D eigenvalue weighted by Gasteiger charge is 2.25. The van der Waals surface area contributed by atoms with Gasteiger partial charge in [-0.2, -0.15) is 0 Å². The first kappa shape index (κ1) is 14.9. The standard InChI is InChI=1S/C12H24N4O2/c1-3-5-14-12(18)15-11(17)9-16(6-4-2)10-7-13-8-10/h10,13H,3-9H2,1-2H3,(H2,14,15,17,18). The zero-order valence-corrected chi connectivity index (χ0v) is 11.3. The molecule has 1 saturated heterocycles. The number of carbonyl (C=O) groups excluding carboxylic acids is 2. The average molecular weight is 256 g/mol. The fourth-order valence-electron chi connectivity index (χ4n) is 1.84. The van der Waals surface area contributed by atoms with Crippen molar-refractivity contribution in [3.63, 3.8) is 0 Å². The van der Waals surface area contributed by atoms with E-state index in [9.17, 15) is 9.59 Å². The van der Waals surface area contributed by atoms with Gasteiger partial charge >= 0.3 is 6.03 Å². The lowest BCUT2D eigenvalue weighted by Crippen LogP contribution is -2.59. The second-order valence-corrected chi connectivity index (χ2v) is 4.59. The number of rotatable bonds is 7. The topological polar surface area (TPSA) is 73.5 Å². The molecule has 0 spiro atoms. The summed E-state index contributed by atoms with van der Waals surface area (Å²) >= 11 is 0. The highest BCUT2D eigenvalue weighted by atomic mass is 16.2. The highest BCUT2D eigenvalue weighted by molar-refractivity contribution is 5.95. The second kappa shape index (κ2) is 8.05. The van der Waals surface area contributed by atoms with Gasteiger partial charge in [-0.05, 0) is 19.4 Å². The van der Waals surface area contributed by atoms with E-state index in [0.717, 1.165) is 32.5 Å².